The highest BCUT2D eigenvalue weighted by molar-refractivity contribution is 9.10. The Kier molecular flexibility index (Phi) is 5.93. The van der Waals surface area contributed by atoms with E-state index in [4.69, 9.17) is 16.7 Å². The number of nitrogens with one attached hydrogen (secondary N) is 1. The SMILES string of the molecule is CC(C)(CCO)CNCc1cc(Cl)ccc1Br. The molecule has 0 aromatic heterocycles. The predicted octanol–water partition coefficient (Wildman–Crippen LogP) is 3.60. The van der Waals surface area contributed by atoms with Gasteiger partial charge in [0.15, 0.2) is 0 Å². The third kappa shape index (κ3) is 5.38. The van der Waals surface area contributed by atoms with Gasteiger partial charge in [-0.25, -0.2) is 0 Å². The maximum atomic E-state index is 8.95. The van der Waals surface area contributed by atoms with Gasteiger partial charge in [0.2, 0.25) is 0 Å². The van der Waals surface area contributed by atoms with Crippen molar-refractivity contribution in [1.29, 1.82) is 0 Å². The molecule has 2 N–H and O–H groups in total. The van der Waals surface area contributed by atoms with E-state index >= 15 is 0 Å². The first-order chi connectivity index (χ1) is 7.94. The van der Waals surface area contributed by atoms with E-state index in [0.717, 1.165) is 34.6 Å². The lowest BCUT2D eigenvalue weighted by molar-refractivity contribution is 0.207. The number of halogens is 2. The van der Waals surface area contributed by atoms with Crippen LogP contribution in [0.4, 0.5) is 0 Å². The first-order valence-corrected chi connectivity index (χ1v) is 6.87. The van der Waals surface area contributed by atoms with Gasteiger partial charge in [0, 0.05) is 29.2 Å². The highest BCUT2D eigenvalue weighted by Gasteiger charge is 2.16. The average Bonchev–Trinajstić information content (AvgIpc) is 2.23. The van der Waals surface area contributed by atoms with Gasteiger partial charge < -0.3 is 10.4 Å². The van der Waals surface area contributed by atoms with Crippen LogP contribution < -0.4 is 5.32 Å². The van der Waals surface area contributed by atoms with Crippen molar-refractivity contribution in [3.05, 3.63) is 33.3 Å². The third-order valence-corrected chi connectivity index (χ3v) is 3.72. The normalized spacial score (nSPS) is 11.8. The van der Waals surface area contributed by atoms with Crippen LogP contribution >= 0.6 is 27.5 Å². The van der Waals surface area contributed by atoms with Crippen LogP contribution in [0.3, 0.4) is 0 Å². The Balaban J connectivity index is 2.48. The van der Waals surface area contributed by atoms with Crippen LogP contribution in [0, 0.1) is 5.41 Å². The van der Waals surface area contributed by atoms with Crippen molar-refractivity contribution >= 4 is 27.5 Å². The minimum absolute atomic E-state index is 0.111. The van der Waals surface area contributed by atoms with Crippen LogP contribution in [-0.2, 0) is 6.54 Å². The zero-order chi connectivity index (χ0) is 12.9. The van der Waals surface area contributed by atoms with Crippen LogP contribution in [0.5, 0.6) is 0 Å². The van der Waals surface area contributed by atoms with Gasteiger partial charge in [-0.05, 0) is 35.6 Å². The molecule has 0 unspecified atom stereocenters. The highest BCUT2D eigenvalue weighted by atomic mass is 79.9. The third-order valence-electron chi connectivity index (χ3n) is 2.72. The minimum atomic E-state index is 0.111. The van der Waals surface area contributed by atoms with Gasteiger partial charge in [-0.3, -0.25) is 0 Å². The van der Waals surface area contributed by atoms with Crippen molar-refractivity contribution in [2.24, 2.45) is 5.41 Å². The summed E-state index contributed by atoms with van der Waals surface area (Å²) in [4.78, 5) is 0. The molecule has 1 aromatic rings. The fourth-order valence-electron chi connectivity index (χ4n) is 1.61. The Labute approximate surface area is 117 Å². The molecule has 0 saturated carbocycles. The summed E-state index contributed by atoms with van der Waals surface area (Å²) in [5.74, 6) is 0. The molecular formula is C13H19BrClNO. The predicted molar refractivity (Wildman–Crippen MR) is 76.3 cm³/mol. The van der Waals surface area contributed by atoms with E-state index < -0.39 is 0 Å². The molecule has 0 saturated heterocycles. The van der Waals surface area contributed by atoms with Gasteiger partial charge in [-0.1, -0.05) is 41.4 Å². The Morgan fingerprint density at radius 3 is 2.76 bits per heavy atom. The first-order valence-electron chi connectivity index (χ1n) is 5.70. The lowest BCUT2D eigenvalue weighted by Gasteiger charge is -2.24. The van der Waals surface area contributed by atoms with Gasteiger partial charge >= 0.3 is 0 Å². The number of hydrogen-bond donors (Lipinski definition) is 2. The molecule has 1 aromatic carbocycles. The molecule has 1 rings (SSSR count). The lowest BCUT2D eigenvalue weighted by atomic mass is 9.90. The highest BCUT2D eigenvalue weighted by Crippen LogP contribution is 2.22. The Morgan fingerprint density at radius 1 is 1.41 bits per heavy atom. The number of benzene rings is 1. The monoisotopic (exact) mass is 319 g/mol. The summed E-state index contributed by atoms with van der Waals surface area (Å²) in [7, 11) is 0. The van der Waals surface area contributed by atoms with E-state index in [0.29, 0.717) is 0 Å². The first kappa shape index (κ1) is 15.0. The van der Waals surface area contributed by atoms with Crippen molar-refractivity contribution in [2.75, 3.05) is 13.2 Å². The zero-order valence-electron chi connectivity index (χ0n) is 10.3. The number of rotatable bonds is 6. The molecule has 0 fully saturated rings. The largest absolute Gasteiger partial charge is 0.396 e. The minimum Gasteiger partial charge on any atom is -0.396 e. The molecule has 0 bridgehead atoms. The van der Waals surface area contributed by atoms with Crippen molar-refractivity contribution in [1.82, 2.24) is 5.32 Å². The summed E-state index contributed by atoms with van der Waals surface area (Å²) in [5, 5.41) is 13.1. The standard InChI is InChI=1S/C13H19BrClNO/c1-13(2,5-6-17)9-16-8-10-7-11(15)3-4-12(10)14/h3-4,7,16-17H,5-6,8-9H2,1-2H3. The maximum Gasteiger partial charge on any atom is 0.0436 e. The Hall–Kier alpha value is -0.0900. The van der Waals surface area contributed by atoms with Crippen molar-refractivity contribution < 1.29 is 5.11 Å². The summed E-state index contributed by atoms with van der Waals surface area (Å²) in [6, 6.07) is 5.78. The lowest BCUT2D eigenvalue weighted by Crippen LogP contribution is -2.30. The average molecular weight is 321 g/mol. The fourth-order valence-corrected chi connectivity index (χ4v) is 2.19. The molecule has 0 aliphatic rings. The number of hydrogen-bond acceptors (Lipinski definition) is 2. The summed E-state index contributed by atoms with van der Waals surface area (Å²) < 4.78 is 1.06. The number of aliphatic hydroxyl groups excluding tert-OH is 1. The molecule has 17 heavy (non-hydrogen) atoms. The van der Waals surface area contributed by atoms with Gasteiger partial charge in [0.1, 0.15) is 0 Å². The van der Waals surface area contributed by atoms with E-state index in [1.165, 1.54) is 0 Å². The summed E-state index contributed by atoms with van der Waals surface area (Å²) in [6.07, 6.45) is 0.802. The van der Waals surface area contributed by atoms with E-state index in [-0.39, 0.29) is 12.0 Å². The maximum absolute atomic E-state index is 8.95. The molecule has 0 radical (unpaired) electrons. The number of aliphatic hydroxyl groups is 1. The second kappa shape index (κ2) is 6.74. The molecule has 0 spiro atoms. The molecule has 96 valence electrons. The van der Waals surface area contributed by atoms with E-state index in [9.17, 15) is 0 Å². The second-order valence-electron chi connectivity index (χ2n) is 4.98. The molecule has 2 nitrogen and oxygen atoms in total. The van der Waals surface area contributed by atoms with Crippen molar-refractivity contribution in [2.45, 2.75) is 26.8 Å². The molecule has 0 amide bonds. The molecule has 4 heteroatoms. The van der Waals surface area contributed by atoms with Crippen LogP contribution in [0.2, 0.25) is 5.02 Å². The van der Waals surface area contributed by atoms with Gasteiger partial charge in [0.05, 0.1) is 0 Å². The molecule has 0 atom stereocenters. The summed E-state index contributed by atoms with van der Waals surface area (Å²) in [6.45, 7) is 6.16. The van der Waals surface area contributed by atoms with Gasteiger partial charge in [-0.2, -0.15) is 0 Å². The molecular weight excluding hydrogens is 302 g/mol. The summed E-state index contributed by atoms with van der Waals surface area (Å²) in [5.41, 5.74) is 1.26. The van der Waals surface area contributed by atoms with Gasteiger partial charge in [0.25, 0.3) is 0 Å². The quantitative estimate of drug-likeness (QED) is 0.839. The Bertz CT molecular complexity index is 368. The molecule has 0 aliphatic carbocycles. The van der Waals surface area contributed by atoms with E-state index in [1.807, 2.05) is 18.2 Å². The van der Waals surface area contributed by atoms with E-state index in [2.05, 4.69) is 35.1 Å². The van der Waals surface area contributed by atoms with Crippen LogP contribution in [0.15, 0.2) is 22.7 Å². The zero-order valence-corrected chi connectivity index (χ0v) is 12.6. The second-order valence-corrected chi connectivity index (χ2v) is 6.27. The molecule has 0 aliphatic heterocycles. The van der Waals surface area contributed by atoms with Crippen LogP contribution in [0.1, 0.15) is 25.8 Å². The topological polar surface area (TPSA) is 32.3 Å². The van der Waals surface area contributed by atoms with Crippen LogP contribution in [-0.4, -0.2) is 18.3 Å². The Morgan fingerprint density at radius 2 is 2.12 bits per heavy atom. The molecule has 0 heterocycles. The van der Waals surface area contributed by atoms with Crippen LogP contribution in [0.25, 0.3) is 0 Å². The van der Waals surface area contributed by atoms with Gasteiger partial charge in [-0.15, -0.1) is 0 Å². The van der Waals surface area contributed by atoms with Crippen molar-refractivity contribution in [3.8, 4) is 0 Å². The van der Waals surface area contributed by atoms with Crippen molar-refractivity contribution in [3.63, 3.8) is 0 Å². The smallest absolute Gasteiger partial charge is 0.0436 e. The fraction of sp³-hybridized carbons (Fsp3) is 0.538. The van der Waals surface area contributed by atoms with E-state index in [1.54, 1.807) is 0 Å². The summed E-state index contributed by atoms with van der Waals surface area (Å²) >= 11 is 9.46.